The normalized spacial score (nSPS) is 35.0. The molecule has 5 heteroatoms. The highest BCUT2D eigenvalue weighted by atomic mass is 16.5. The van der Waals surface area contributed by atoms with Crippen molar-refractivity contribution in [1.82, 2.24) is 4.98 Å². The van der Waals surface area contributed by atoms with Crippen molar-refractivity contribution in [3.8, 4) is 0 Å². The van der Waals surface area contributed by atoms with Crippen molar-refractivity contribution in [3.05, 3.63) is 29.6 Å². The number of aromatic nitrogens is 1. The highest BCUT2D eigenvalue weighted by Gasteiger charge is 2.53. The van der Waals surface area contributed by atoms with Crippen molar-refractivity contribution in [3.63, 3.8) is 0 Å². The van der Waals surface area contributed by atoms with Gasteiger partial charge in [0, 0.05) is 32.0 Å². The van der Waals surface area contributed by atoms with Gasteiger partial charge in [0.15, 0.2) is 0 Å². The first-order valence-electron chi connectivity index (χ1n) is 15.9. The van der Waals surface area contributed by atoms with Crippen molar-refractivity contribution in [2.45, 2.75) is 146 Å². The van der Waals surface area contributed by atoms with Gasteiger partial charge in [-0.3, -0.25) is 4.98 Å². The van der Waals surface area contributed by atoms with Crippen molar-refractivity contribution >= 4 is 0 Å². The molecule has 0 aliphatic heterocycles. The van der Waals surface area contributed by atoms with E-state index < -0.39 is 0 Å². The highest BCUT2D eigenvalue weighted by Crippen LogP contribution is 2.53. The molecule has 0 spiro atoms. The van der Waals surface area contributed by atoms with E-state index in [0.717, 1.165) is 57.1 Å². The van der Waals surface area contributed by atoms with E-state index in [-0.39, 0.29) is 11.7 Å². The topological polar surface area (TPSA) is 60.8 Å². The molecule has 4 fully saturated rings. The number of aliphatic hydroxyl groups is 1. The molecule has 1 N–H and O–H groups in total. The van der Waals surface area contributed by atoms with Gasteiger partial charge in [-0.25, -0.2) is 0 Å². The molecule has 0 saturated heterocycles. The van der Waals surface area contributed by atoms with Crippen LogP contribution >= 0.6 is 0 Å². The van der Waals surface area contributed by atoms with Crippen LogP contribution in [0.15, 0.2) is 18.3 Å². The van der Waals surface area contributed by atoms with Gasteiger partial charge in [-0.05, 0) is 113 Å². The molecule has 0 bridgehead atoms. The molecule has 1 aromatic rings. The predicted molar refractivity (Wildman–Crippen MR) is 151 cm³/mol. The zero-order valence-electron chi connectivity index (χ0n) is 24.1. The van der Waals surface area contributed by atoms with E-state index >= 15 is 0 Å². The van der Waals surface area contributed by atoms with Crippen molar-refractivity contribution in [1.29, 1.82) is 0 Å². The van der Waals surface area contributed by atoms with Crippen LogP contribution < -0.4 is 0 Å². The summed E-state index contributed by atoms with van der Waals surface area (Å²) in [6, 6.07) is 4.45. The molecule has 2 atom stereocenters. The number of ether oxygens (including phenoxy) is 3. The Labute approximate surface area is 231 Å². The minimum atomic E-state index is -0.170. The maximum absolute atomic E-state index is 10.1. The molecular weight excluding hydrogens is 474 g/mol. The Hall–Kier alpha value is -1.01. The number of pyridine rings is 1. The van der Waals surface area contributed by atoms with E-state index in [0.29, 0.717) is 42.5 Å². The molecule has 0 radical (unpaired) electrons. The Balaban J connectivity index is 1.37. The Morgan fingerprint density at radius 2 is 1.34 bits per heavy atom. The van der Waals surface area contributed by atoms with Gasteiger partial charge in [-0.1, -0.05) is 31.7 Å². The van der Waals surface area contributed by atoms with E-state index in [1.54, 1.807) is 0 Å². The maximum atomic E-state index is 10.1. The van der Waals surface area contributed by atoms with Crippen LogP contribution in [-0.4, -0.2) is 48.2 Å². The fourth-order valence-corrected chi connectivity index (χ4v) is 8.81. The summed E-state index contributed by atoms with van der Waals surface area (Å²) in [4.78, 5) is 4.89. The first kappa shape index (κ1) is 28.5. The van der Waals surface area contributed by atoms with Crippen LogP contribution in [0.25, 0.3) is 0 Å². The van der Waals surface area contributed by atoms with E-state index in [1.807, 2.05) is 14.2 Å². The zero-order chi connectivity index (χ0) is 26.4. The molecule has 214 valence electrons. The monoisotopic (exact) mass is 527 g/mol. The zero-order valence-corrected chi connectivity index (χ0v) is 24.1. The number of aliphatic hydroxyl groups excluding tert-OH is 1. The summed E-state index contributed by atoms with van der Waals surface area (Å²) in [6.45, 7) is 0.658. The summed E-state index contributed by atoms with van der Waals surface area (Å²) in [7, 11) is 3.76. The van der Waals surface area contributed by atoms with E-state index in [9.17, 15) is 5.11 Å². The molecule has 0 amide bonds. The van der Waals surface area contributed by atoms with Crippen LogP contribution in [0.1, 0.15) is 126 Å². The second-order valence-electron chi connectivity index (χ2n) is 13.0. The minimum Gasteiger partial charge on any atom is -0.393 e. The van der Waals surface area contributed by atoms with Crippen LogP contribution in [0.4, 0.5) is 0 Å². The summed E-state index contributed by atoms with van der Waals surface area (Å²) in [5, 5.41) is 10.1. The van der Waals surface area contributed by atoms with Gasteiger partial charge in [0.05, 0.1) is 30.5 Å². The lowest BCUT2D eigenvalue weighted by molar-refractivity contribution is -0.198. The molecule has 4 aliphatic carbocycles. The third-order valence-electron chi connectivity index (χ3n) is 10.9. The standard InChI is InChI=1S/C33H53NO4/c1-36-30-16-12-27(13-17-30)33(26-8-4-3-5-9-26,28-14-18-31(37-2)19-15-28)38-23-24-11-20-32(34-22-24)25-7-6-10-29(35)21-25/h11,20,22,25-31,35H,3-10,12-19,21,23H2,1-2H3. The Bertz CT molecular complexity index is 798. The fourth-order valence-electron chi connectivity index (χ4n) is 8.81. The predicted octanol–water partition coefficient (Wildman–Crippen LogP) is 7.35. The quantitative estimate of drug-likeness (QED) is 0.364. The Morgan fingerprint density at radius 1 is 0.737 bits per heavy atom. The second kappa shape index (κ2) is 13.6. The van der Waals surface area contributed by atoms with Crippen molar-refractivity contribution in [2.75, 3.05) is 14.2 Å². The second-order valence-corrected chi connectivity index (χ2v) is 13.0. The number of hydrogen-bond donors (Lipinski definition) is 1. The maximum Gasteiger partial charge on any atom is 0.0771 e. The minimum absolute atomic E-state index is 0.0516. The molecule has 4 aliphatic rings. The number of nitrogens with zero attached hydrogens (tertiary/aromatic N) is 1. The van der Waals surface area contributed by atoms with Crippen molar-refractivity contribution in [2.24, 2.45) is 17.8 Å². The third kappa shape index (κ3) is 6.48. The number of methoxy groups -OCH3 is 2. The Morgan fingerprint density at radius 3 is 1.87 bits per heavy atom. The first-order valence-corrected chi connectivity index (χ1v) is 15.9. The van der Waals surface area contributed by atoms with Crippen LogP contribution in [0.3, 0.4) is 0 Å². The summed E-state index contributed by atoms with van der Waals surface area (Å²) in [5.74, 6) is 2.26. The average molecular weight is 528 g/mol. The van der Waals surface area contributed by atoms with Crippen LogP contribution in [0.2, 0.25) is 0 Å². The van der Waals surface area contributed by atoms with Crippen LogP contribution in [0, 0.1) is 17.8 Å². The number of hydrogen-bond acceptors (Lipinski definition) is 5. The molecule has 1 heterocycles. The summed E-state index contributed by atoms with van der Waals surface area (Å²) in [5.41, 5.74) is 2.28. The SMILES string of the molecule is COC1CCC(C(OCc2ccc(C3CCCC(O)C3)nc2)(C2CCCCC2)C2CCC(OC)CC2)CC1. The van der Waals surface area contributed by atoms with Gasteiger partial charge in [0.25, 0.3) is 0 Å². The van der Waals surface area contributed by atoms with Crippen LogP contribution in [0.5, 0.6) is 0 Å². The van der Waals surface area contributed by atoms with E-state index in [2.05, 4.69) is 18.3 Å². The third-order valence-corrected chi connectivity index (χ3v) is 10.9. The van der Waals surface area contributed by atoms with Gasteiger partial charge < -0.3 is 19.3 Å². The lowest BCUT2D eigenvalue weighted by Gasteiger charge is -2.55. The molecule has 38 heavy (non-hydrogen) atoms. The smallest absolute Gasteiger partial charge is 0.0771 e. The largest absolute Gasteiger partial charge is 0.393 e. The summed E-state index contributed by atoms with van der Waals surface area (Å²) in [6.07, 6.45) is 23.0. The molecule has 1 aromatic heterocycles. The fraction of sp³-hybridized carbons (Fsp3) is 0.848. The average Bonchev–Trinajstić information content (AvgIpc) is 2.99. The lowest BCUT2D eigenvalue weighted by atomic mass is 9.58. The molecule has 5 rings (SSSR count). The molecule has 2 unspecified atom stereocenters. The molecule has 0 aromatic carbocycles. The highest BCUT2D eigenvalue weighted by molar-refractivity contribution is 5.17. The molecule has 4 saturated carbocycles. The van der Waals surface area contributed by atoms with Crippen LogP contribution in [-0.2, 0) is 20.8 Å². The summed E-state index contributed by atoms with van der Waals surface area (Å²) >= 11 is 0. The van der Waals surface area contributed by atoms with E-state index in [1.165, 1.54) is 63.4 Å². The Kier molecular flexibility index (Phi) is 10.2. The lowest BCUT2D eigenvalue weighted by Crippen LogP contribution is -2.56. The molecule has 5 nitrogen and oxygen atoms in total. The molecular formula is C33H53NO4. The van der Waals surface area contributed by atoms with E-state index in [4.69, 9.17) is 19.2 Å². The van der Waals surface area contributed by atoms with Gasteiger partial charge in [0.2, 0.25) is 0 Å². The van der Waals surface area contributed by atoms with Gasteiger partial charge >= 0.3 is 0 Å². The van der Waals surface area contributed by atoms with Gasteiger partial charge in [0.1, 0.15) is 0 Å². The van der Waals surface area contributed by atoms with Crippen molar-refractivity contribution < 1.29 is 19.3 Å². The first-order chi connectivity index (χ1) is 18.6. The van der Waals surface area contributed by atoms with Gasteiger partial charge in [-0.15, -0.1) is 0 Å². The summed E-state index contributed by atoms with van der Waals surface area (Å²) < 4.78 is 19.0. The number of rotatable bonds is 9. The van der Waals surface area contributed by atoms with Gasteiger partial charge in [-0.2, -0.15) is 0 Å².